The molecule has 5 nitrogen and oxygen atoms in total. The van der Waals surface area contributed by atoms with Crippen molar-refractivity contribution in [2.75, 3.05) is 32.8 Å². The normalized spacial score (nSPS) is 15.5. The van der Waals surface area contributed by atoms with E-state index in [1.807, 2.05) is 0 Å². The lowest BCUT2D eigenvalue weighted by Crippen LogP contribution is -2.47. The first kappa shape index (κ1) is 13.0. The molecule has 0 bridgehead atoms. The Morgan fingerprint density at radius 3 is 2.89 bits per heavy atom. The molecule has 0 radical (unpaired) electrons. The smallest absolute Gasteiger partial charge is 0.260 e. The van der Waals surface area contributed by atoms with Crippen LogP contribution in [0.4, 0.5) is 0 Å². The third kappa shape index (κ3) is 3.27. The second kappa shape index (κ2) is 5.93. The maximum atomic E-state index is 11.8. The van der Waals surface area contributed by atoms with Gasteiger partial charge in [-0.25, -0.2) is 0 Å². The molecule has 0 atom stereocenters. The highest BCUT2D eigenvalue weighted by Crippen LogP contribution is 2.28. The Labute approximate surface area is 110 Å². The molecule has 1 heterocycles. The molecule has 1 aromatic carbocycles. The number of carbonyl (C=O) groups excluding carboxylic acids is 1. The molecule has 1 saturated heterocycles. The topological polar surface area (TPSA) is 61.8 Å². The number of piperazine rings is 1. The fourth-order valence-corrected chi connectivity index (χ4v) is 1.91. The fourth-order valence-electron chi connectivity index (χ4n) is 1.75. The Morgan fingerprint density at radius 1 is 1.44 bits per heavy atom. The first-order chi connectivity index (χ1) is 8.66. The van der Waals surface area contributed by atoms with Gasteiger partial charge in [0.25, 0.3) is 5.91 Å². The Bertz CT molecular complexity index is 433. The predicted molar refractivity (Wildman–Crippen MR) is 68.1 cm³/mol. The first-order valence-electron chi connectivity index (χ1n) is 5.76. The van der Waals surface area contributed by atoms with Gasteiger partial charge in [0.2, 0.25) is 0 Å². The number of hydrogen-bond acceptors (Lipinski definition) is 4. The Hall–Kier alpha value is -1.46. The summed E-state index contributed by atoms with van der Waals surface area (Å²) in [6.07, 6.45) is 0. The summed E-state index contributed by atoms with van der Waals surface area (Å²) in [4.78, 5) is 13.6. The van der Waals surface area contributed by atoms with E-state index in [9.17, 15) is 9.90 Å². The summed E-state index contributed by atoms with van der Waals surface area (Å²) in [5.41, 5.74) is 0. The van der Waals surface area contributed by atoms with Crippen molar-refractivity contribution < 1.29 is 14.6 Å². The van der Waals surface area contributed by atoms with Gasteiger partial charge in [-0.05, 0) is 12.1 Å². The zero-order valence-corrected chi connectivity index (χ0v) is 10.6. The van der Waals surface area contributed by atoms with Crippen LogP contribution in [0.25, 0.3) is 0 Å². The molecule has 1 aliphatic rings. The van der Waals surface area contributed by atoms with Gasteiger partial charge in [0.1, 0.15) is 0 Å². The average Bonchev–Trinajstić information content (AvgIpc) is 2.40. The van der Waals surface area contributed by atoms with E-state index in [0.717, 1.165) is 13.1 Å². The summed E-state index contributed by atoms with van der Waals surface area (Å²) in [6, 6.07) is 4.48. The van der Waals surface area contributed by atoms with Crippen LogP contribution < -0.4 is 10.1 Å². The van der Waals surface area contributed by atoms with Gasteiger partial charge in [0.15, 0.2) is 18.1 Å². The molecule has 2 N–H and O–H groups in total. The Morgan fingerprint density at radius 2 is 2.17 bits per heavy atom. The number of carbonyl (C=O) groups is 1. The van der Waals surface area contributed by atoms with Crippen molar-refractivity contribution in [3.05, 3.63) is 23.2 Å². The summed E-state index contributed by atoms with van der Waals surface area (Å²) in [5, 5.41) is 13.2. The van der Waals surface area contributed by atoms with Crippen LogP contribution in [-0.2, 0) is 4.79 Å². The van der Waals surface area contributed by atoms with Crippen LogP contribution >= 0.6 is 11.6 Å². The number of halogens is 1. The number of rotatable bonds is 3. The lowest BCUT2D eigenvalue weighted by Gasteiger charge is -2.27. The Balaban J connectivity index is 1.90. The molecule has 0 spiro atoms. The summed E-state index contributed by atoms with van der Waals surface area (Å²) >= 11 is 5.79. The van der Waals surface area contributed by atoms with Gasteiger partial charge in [-0.1, -0.05) is 11.6 Å². The molecule has 0 aliphatic carbocycles. The molecule has 0 aromatic heterocycles. The molecule has 1 aromatic rings. The monoisotopic (exact) mass is 270 g/mol. The van der Waals surface area contributed by atoms with Crippen molar-refractivity contribution in [2.24, 2.45) is 0 Å². The summed E-state index contributed by atoms with van der Waals surface area (Å²) in [7, 11) is 0. The molecule has 1 fully saturated rings. The zero-order chi connectivity index (χ0) is 13.0. The predicted octanol–water partition coefficient (Wildman–Crippen LogP) is 0.856. The minimum absolute atomic E-state index is 0.0208. The second-order valence-corrected chi connectivity index (χ2v) is 4.47. The van der Waals surface area contributed by atoms with E-state index in [4.69, 9.17) is 16.3 Å². The molecular formula is C12H15ClN2O3. The Kier molecular flexibility index (Phi) is 4.28. The number of phenolic OH excluding ortho intramolecular Hbond substituents is 1. The molecular weight excluding hydrogens is 256 g/mol. The van der Waals surface area contributed by atoms with Crippen LogP contribution in [0.3, 0.4) is 0 Å². The van der Waals surface area contributed by atoms with Gasteiger partial charge in [-0.2, -0.15) is 0 Å². The lowest BCUT2D eigenvalue weighted by atomic mass is 10.3. The van der Waals surface area contributed by atoms with Crippen molar-refractivity contribution in [1.29, 1.82) is 0 Å². The van der Waals surface area contributed by atoms with Gasteiger partial charge in [-0.3, -0.25) is 4.79 Å². The molecule has 18 heavy (non-hydrogen) atoms. The number of phenols is 1. The third-order valence-corrected chi connectivity index (χ3v) is 2.98. The molecule has 1 amide bonds. The number of nitrogens with zero attached hydrogens (tertiary/aromatic N) is 1. The van der Waals surface area contributed by atoms with Gasteiger partial charge >= 0.3 is 0 Å². The number of amides is 1. The largest absolute Gasteiger partial charge is 0.504 e. The van der Waals surface area contributed by atoms with Gasteiger partial charge in [0, 0.05) is 37.3 Å². The summed E-state index contributed by atoms with van der Waals surface area (Å²) in [5.74, 6) is 0.120. The minimum atomic E-state index is -0.0894. The highest BCUT2D eigenvalue weighted by Gasteiger charge is 2.17. The molecule has 6 heteroatoms. The summed E-state index contributed by atoms with van der Waals surface area (Å²) in [6.45, 7) is 2.88. The SMILES string of the molecule is O=C(COc1cc(Cl)ccc1O)N1CCNCC1. The van der Waals surface area contributed by atoms with E-state index in [0.29, 0.717) is 18.1 Å². The highest BCUT2D eigenvalue weighted by atomic mass is 35.5. The number of aromatic hydroxyl groups is 1. The third-order valence-electron chi connectivity index (χ3n) is 2.74. The van der Waals surface area contributed by atoms with Crippen molar-refractivity contribution in [3.63, 3.8) is 0 Å². The molecule has 2 rings (SSSR count). The number of benzene rings is 1. The minimum Gasteiger partial charge on any atom is -0.504 e. The van der Waals surface area contributed by atoms with Gasteiger partial charge < -0.3 is 20.1 Å². The van der Waals surface area contributed by atoms with E-state index >= 15 is 0 Å². The average molecular weight is 271 g/mol. The van der Waals surface area contributed by atoms with Crippen LogP contribution in [0.15, 0.2) is 18.2 Å². The second-order valence-electron chi connectivity index (χ2n) is 4.03. The van der Waals surface area contributed by atoms with Gasteiger partial charge in [-0.15, -0.1) is 0 Å². The molecule has 0 unspecified atom stereocenters. The van der Waals surface area contributed by atoms with E-state index in [1.165, 1.54) is 12.1 Å². The van der Waals surface area contributed by atoms with Gasteiger partial charge in [0.05, 0.1) is 0 Å². The van der Waals surface area contributed by atoms with Crippen LogP contribution in [0.2, 0.25) is 5.02 Å². The van der Waals surface area contributed by atoms with Crippen molar-refractivity contribution in [2.45, 2.75) is 0 Å². The van der Waals surface area contributed by atoms with E-state index in [1.54, 1.807) is 11.0 Å². The molecule has 1 aliphatic heterocycles. The zero-order valence-electron chi connectivity index (χ0n) is 9.86. The first-order valence-corrected chi connectivity index (χ1v) is 6.14. The van der Waals surface area contributed by atoms with Crippen LogP contribution in [0.1, 0.15) is 0 Å². The van der Waals surface area contributed by atoms with Crippen LogP contribution in [-0.4, -0.2) is 48.7 Å². The lowest BCUT2D eigenvalue weighted by molar-refractivity contribution is -0.133. The molecule has 0 saturated carbocycles. The number of nitrogens with one attached hydrogen (secondary N) is 1. The summed E-state index contributed by atoms with van der Waals surface area (Å²) < 4.78 is 5.29. The van der Waals surface area contributed by atoms with Crippen LogP contribution in [0.5, 0.6) is 11.5 Å². The maximum Gasteiger partial charge on any atom is 0.260 e. The molecule has 98 valence electrons. The number of ether oxygens (including phenoxy) is 1. The van der Waals surface area contributed by atoms with Crippen molar-refractivity contribution in [3.8, 4) is 11.5 Å². The highest BCUT2D eigenvalue weighted by molar-refractivity contribution is 6.30. The fraction of sp³-hybridized carbons (Fsp3) is 0.417. The number of hydrogen-bond donors (Lipinski definition) is 2. The maximum absolute atomic E-state index is 11.8. The quantitative estimate of drug-likeness (QED) is 0.855. The van der Waals surface area contributed by atoms with E-state index < -0.39 is 0 Å². The van der Waals surface area contributed by atoms with E-state index in [2.05, 4.69) is 5.32 Å². The van der Waals surface area contributed by atoms with Crippen LogP contribution in [0, 0.1) is 0 Å². The van der Waals surface area contributed by atoms with E-state index in [-0.39, 0.29) is 24.0 Å². The van der Waals surface area contributed by atoms with Crippen molar-refractivity contribution in [1.82, 2.24) is 10.2 Å². The standard InChI is InChI=1S/C12H15ClN2O3/c13-9-1-2-10(16)11(7-9)18-8-12(17)15-5-3-14-4-6-15/h1-2,7,14,16H,3-6,8H2. The van der Waals surface area contributed by atoms with Crippen molar-refractivity contribution >= 4 is 17.5 Å².